The van der Waals surface area contributed by atoms with Gasteiger partial charge in [0.25, 0.3) is 5.91 Å². The second-order valence-corrected chi connectivity index (χ2v) is 8.49. The van der Waals surface area contributed by atoms with Crippen LogP contribution in [0.4, 0.5) is 31.9 Å². The monoisotopic (exact) mass is 500 g/mol. The van der Waals surface area contributed by atoms with Crippen molar-refractivity contribution in [3.05, 3.63) is 66.6 Å². The molecular weight excluding hydrogens is 478 g/mol. The summed E-state index contributed by atoms with van der Waals surface area (Å²) in [6, 6.07) is 13.7. The lowest BCUT2D eigenvalue weighted by molar-refractivity contribution is -0.111. The summed E-state index contributed by atoms with van der Waals surface area (Å²) in [4.78, 5) is 24.7. The Morgan fingerprint density at radius 3 is 2.68 bits per heavy atom. The third-order valence-electron chi connectivity index (χ3n) is 5.60. The van der Waals surface area contributed by atoms with Gasteiger partial charge in [0.15, 0.2) is 12.6 Å². The molecule has 2 aromatic heterocycles. The molecule has 0 aliphatic heterocycles. The number of halogens is 2. The van der Waals surface area contributed by atoms with Crippen molar-refractivity contribution in [1.29, 1.82) is 0 Å². The molecular formula is C27H22F2N6O2. The number of amides is 1. The Kier molecular flexibility index (Phi) is 6.76. The lowest BCUT2D eigenvalue weighted by Crippen LogP contribution is -2.10. The first-order valence-electron chi connectivity index (χ1n) is 11.6. The number of anilines is 4. The van der Waals surface area contributed by atoms with Crippen molar-refractivity contribution in [2.75, 3.05) is 22.6 Å². The highest BCUT2D eigenvalue weighted by Gasteiger charge is 2.18. The molecule has 0 atom stereocenters. The van der Waals surface area contributed by atoms with Gasteiger partial charge in [0.1, 0.15) is 23.6 Å². The highest BCUT2D eigenvalue weighted by atomic mass is 19.2. The summed E-state index contributed by atoms with van der Waals surface area (Å²) in [6.45, 7) is 0.594. The summed E-state index contributed by atoms with van der Waals surface area (Å²) in [5.41, 5.74) is 2.90. The molecule has 0 saturated heterocycles. The van der Waals surface area contributed by atoms with E-state index in [9.17, 15) is 13.7 Å². The van der Waals surface area contributed by atoms with E-state index in [-0.39, 0.29) is 16.8 Å². The summed E-state index contributed by atoms with van der Waals surface area (Å²) >= 11 is 0. The summed E-state index contributed by atoms with van der Waals surface area (Å²) < 4.78 is 31.5. The maximum absolute atomic E-state index is 13.3. The standard InChI is InChI=1S/C27H22F2N6O2/c1-17-12-19(6-9-24(17)37-21-7-10-25(30-14-21)35(29)15-28)34-27-22-13-20(5-8-23(22)31-16-32-27)33-26(36)11-4-18-2-3-18/h5-10,12-14,16,18H,2-3,15H2,1H3,(H,33,36)(H,31,32,34). The molecule has 1 fully saturated rings. The van der Waals surface area contributed by atoms with Crippen LogP contribution in [0.3, 0.4) is 0 Å². The molecule has 37 heavy (non-hydrogen) atoms. The molecule has 0 spiro atoms. The predicted molar refractivity (Wildman–Crippen MR) is 137 cm³/mol. The first-order valence-corrected chi connectivity index (χ1v) is 11.6. The Balaban J connectivity index is 1.31. The molecule has 4 aromatic rings. The van der Waals surface area contributed by atoms with E-state index in [0.717, 1.165) is 29.5 Å². The zero-order valence-corrected chi connectivity index (χ0v) is 19.8. The molecule has 1 aliphatic carbocycles. The number of aryl methyl sites for hydroxylation is 1. The topological polar surface area (TPSA) is 92.3 Å². The first-order chi connectivity index (χ1) is 18.0. The quantitative estimate of drug-likeness (QED) is 0.187. The highest BCUT2D eigenvalue weighted by molar-refractivity contribution is 6.05. The van der Waals surface area contributed by atoms with Crippen molar-refractivity contribution >= 4 is 39.8 Å². The van der Waals surface area contributed by atoms with Crippen LogP contribution in [0.2, 0.25) is 0 Å². The number of hydrogen-bond donors (Lipinski definition) is 2. The number of carbonyl (C=O) groups excluding carboxylic acids is 1. The van der Waals surface area contributed by atoms with E-state index < -0.39 is 6.80 Å². The van der Waals surface area contributed by atoms with Gasteiger partial charge in [-0.15, -0.1) is 0 Å². The van der Waals surface area contributed by atoms with E-state index in [4.69, 9.17) is 4.74 Å². The van der Waals surface area contributed by atoms with E-state index in [1.807, 2.05) is 25.1 Å². The number of aromatic nitrogens is 3. The summed E-state index contributed by atoms with van der Waals surface area (Å²) in [5, 5.41) is 6.72. The Morgan fingerprint density at radius 1 is 1.11 bits per heavy atom. The minimum atomic E-state index is -1.28. The number of nitrogens with one attached hydrogen (secondary N) is 2. The van der Waals surface area contributed by atoms with Gasteiger partial charge in [-0.3, -0.25) is 4.79 Å². The van der Waals surface area contributed by atoms with E-state index in [2.05, 4.69) is 37.4 Å². The molecule has 8 nitrogen and oxygen atoms in total. The van der Waals surface area contributed by atoms with Gasteiger partial charge in [-0.05, 0) is 79.8 Å². The molecule has 1 aliphatic rings. The van der Waals surface area contributed by atoms with Crippen LogP contribution in [0, 0.1) is 24.7 Å². The van der Waals surface area contributed by atoms with Crippen molar-refractivity contribution in [3.8, 4) is 23.3 Å². The summed E-state index contributed by atoms with van der Waals surface area (Å²) in [7, 11) is 0. The van der Waals surface area contributed by atoms with E-state index in [1.54, 1.807) is 18.2 Å². The Hall–Kier alpha value is -4.78. The normalized spacial score (nSPS) is 12.4. The fourth-order valence-corrected chi connectivity index (χ4v) is 3.53. The van der Waals surface area contributed by atoms with Crippen molar-refractivity contribution in [3.63, 3.8) is 0 Å². The van der Waals surface area contributed by atoms with Crippen molar-refractivity contribution in [2.45, 2.75) is 19.8 Å². The van der Waals surface area contributed by atoms with E-state index in [1.165, 1.54) is 24.7 Å². The average Bonchev–Trinajstić information content (AvgIpc) is 3.74. The summed E-state index contributed by atoms with van der Waals surface area (Å²) in [5.74, 6) is 6.98. The SMILES string of the molecule is Cc1cc(Nc2ncnc3ccc(NC(=O)C#CC4CC4)cc23)ccc1Oc1ccc(N(F)CF)nc1. The second kappa shape index (κ2) is 10.5. The number of ether oxygens (including phenoxy) is 1. The smallest absolute Gasteiger partial charge is 0.300 e. The third-order valence-corrected chi connectivity index (χ3v) is 5.60. The lowest BCUT2D eigenvalue weighted by Gasteiger charge is -2.13. The number of alkyl halides is 1. The second-order valence-electron chi connectivity index (χ2n) is 8.49. The number of hydrogen-bond acceptors (Lipinski definition) is 7. The predicted octanol–water partition coefficient (Wildman–Crippen LogP) is 5.84. The highest BCUT2D eigenvalue weighted by Crippen LogP contribution is 2.31. The fourth-order valence-electron chi connectivity index (χ4n) is 3.53. The van der Waals surface area contributed by atoms with Gasteiger partial charge in [0, 0.05) is 22.7 Å². The van der Waals surface area contributed by atoms with Crippen molar-refractivity contribution in [2.24, 2.45) is 5.92 Å². The fraction of sp³-hybridized carbons (Fsp3) is 0.185. The van der Waals surface area contributed by atoms with Crippen LogP contribution in [-0.2, 0) is 4.79 Å². The molecule has 186 valence electrons. The molecule has 0 unspecified atom stereocenters. The van der Waals surface area contributed by atoms with Crippen molar-refractivity contribution < 1.29 is 18.4 Å². The van der Waals surface area contributed by atoms with Gasteiger partial charge in [-0.2, -0.15) is 5.12 Å². The van der Waals surface area contributed by atoms with Crippen LogP contribution in [0.25, 0.3) is 10.9 Å². The van der Waals surface area contributed by atoms with Gasteiger partial charge in [-0.25, -0.2) is 19.3 Å². The maximum atomic E-state index is 13.3. The van der Waals surface area contributed by atoms with Gasteiger partial charge in [-0.1, -0.05) is 10.4 Å². The Morgan fingerprint density at radius 2 is 1.95 bits per heavy atom. The summed E-state index contributed by atoms with van der Waals surface area (Å²) in [6.07, 6.45) is 4.90. The molecule has 10 heteroatoms. The van der Waals surface area contributed by atoms with Crippen LogP contribution in [-0.4, -0.2) is 27.7 Å². The van der Waals surface area contributed by atoms with Crippen LogP contribution in [0.1, 0.15) is 18.4 Å². The van der Waals surface area contributed by atoms with Gasteiger partial charge in [0.2, 0.25) is 0 Å². The first kappa shape index (κ1) is 23.9. The molecule has 0 bridgehead atoms. The number of carbonyl (C=O) groups is 1. The maximum Gasteiger partial charge on any atom is 0.300 e. The number of rotatable bonds is 7. The van der Waals surface area contributed by atoms with Crippen LogP contribution in [0.15, 0.2) is 61.1 Å². The molecule has 2 heterocycles. The Bertz CT molecular complexity index is 1510. The third kappa shape index (κ3) is 5.90. The largest absolute Gasteiger partial charge is 0.455 e. The van der Waals surface area contributed by atoms with Crippen LogP contribution >= 0.6 is 0 Å². The molecule has 2 N–H and O–H groups in total. The minimum Gasteiger partial charge on any atom is -0.455 e. The molecule has 1 saturated carbocycles. The average molecular weight is 501 g/mol. The lowest BCUT2D eigenvalue weighted by atomic mass is 10.1. The zero-order chi connectivity index (χ0) is 25.8. The molecule has 5 rings (SSSR count). The van der Waals surface area contributed by atoms with Gasteiger partial charge in [0.05, 0.1) is 11.7 Å². The molecule has 1 amide bonds. The Labute approximate surface area is 211 Å². The van der Waals surface area contributed by atoms with Gasteiger partial charge < -0.3 is 15.4 Å². The molecule has 2 aromatic carbocycles. The number of benzene rings is 2. The zero-order valence-electron chi connectivity index (χ0n) is 19.8. The minimum absolute atomic E-state index is 0.105. The van der Waals surface area contributed by atoms with Crippen LogP contribution < -0.4 is 20.5 Å². The number of pyridine rings is 1. The molecule has 0 radical (unpaired) electrons. The van der Waals surface area contributed by atoms with E-state index in [0.29, 0.717) is 34.4 Å². The van der Waals surface area contributed by atoms with Crippen molar-refractivity contribution in [1.82, 2.24) is 15.0 Å². The van der Waals surface area contributed by atoms with E-state index >= 15 is 0 Å². The van der Waals surface area contributed by atoms with Crippen LogP contribution in [0.5, 0.6) is 11.5 Å². The number of nitrogens with zero attached hydrogens (tertiary/aromatic N) is 4. The van der Waals surface area contributed by atoms with Gasteiger partial charge >= 0.3 is 0 Å². The number of fused-ring (bicyclic) bond motifs is 1.